The number of nitrogens with zero attached hydrogens (tertiary/aromatic N) is 3. The first-order valence-corrected chi connectivity index (χ1v) is 6.28. The summed E-state index contributed by atoms with van der Waals surface area (Å²) in [5.74, 6) is 2.71. The van der Waals surface area contributed by atoms with E-state index >= 15 is 0 Å². The van der Waals surface area contributed by atoms with E-state index in [4.69, 9.17) is 0 Å². The Kier molecular flexibility index (Phi) is 3.93. The van der Waals surface area contributed by atoms with Gasteiger partial charge in [-0.1, -0.05) is 25.7 Å². The lowest BCUT2D eigenvalue weighted by Gasteiger charge is -2.22. The smallest absolute Gasteiger partial charge is 0.138 e. The molecule has 1 atom stereocenters. The van der Waals surface area contributed by atoms with Gasteiger partial charge in [-0.25, -0.2) is 4.98 Å². The van der Waals surface area contributed by atoms with Crippen molar-refractivity contribution in [2.45, 2.75) is 32.1 Å². The Bertz CT molecular complexity index is 315. The van der Waals surface area contributed by atoms with Crippen LogP contribution in [-0.2, 0) is 13.5 Å². The maximum absolute atomic E-state index is 4.33. The van der Waals surface area contributed by atoms with Gasteiger partial charge in [0.2, 0.25) is 0 Å². The maximum Gasteiger partial charge on any atom is 0.138 e. The van der Waals surface area contributed by atoms with E-state index in [0.717, 1.165) is 30.6 Å². The Morgan fingerprint density at radius 1 is 1.50 bits per heavy atom. The van der Waals surface area contributed by atoms with Gasteiger partial charge in [0.05, 0.1) is 0 Å². The second kappa shape index (κ2) is 5.43. The molecule has 90 valence electrons. The highest BCUT2D eigenvalue weighted by Gasteiger charge is 2.25. The van der Waals surface area contributed by atoms with Gasteiger partial charge < -0.3 is 5.32 Å². The molecule has 1 aliphatic rings. The zero-order chi connectivity index (χ0) is 11.4. The van der Waals surface area contributed by atoms with Gasteiger partial charge in [0.1, 0.15) is 12.2 Å². The van der Waals surface area contributed by atoms with Crippen LogP contribution < -0.4 is 5.32 Å². The van der Waals surface area contributed by atoms with Crippen LogP contribution in [0.1, 0.15) is 31.5 Å². The number of hydrogen-bond donors (Lipinski definition) is 1. The van der Waals surface area contributed by atoms with Crippen molar-refractivity contribution in [2.75, 3.05) is 13.6 Å². The molecular weight excluding hydrogens is 200 g/mol. The monoisotopic (exact) mass is 222 g/mol. The highest BCUT2D eigenvalue weighted by atomic mass is 15.3. The van der Waals surface area contributed by atoms with Crippen LogP contribution in [0.5, 0.6) is 0 Å². The van der Waals surface area contributed by atoms with E-state index in [2.05, 4.69) is 15.4 Å². The molecule has 1 fully saturated rings. The molecule has 4 nitrogen and oxygen atoms in total. The molecule has 16 heavy (non-hydrogen) atoms. The third-order valence-corrected chi connectivity index (χ3v) is 3.78. The van der Waals surface area contributed by atoms with Crippen LogP contribution in [-0.4, -0.2) is 28.4 Å². The van der Waals surface area contributed by atoms with Crippen molar-refractivity contribution < 1.29 is 0 Å². The molecule has 1 unspecified atom stereocenters. The molecular formula is C12H22N4. The molecule has 0 amide bonds. The highest BCUT2D eigenvalue weighted by Crippen LogP contribution is 2.32. The molecule has 0 saturated heterocycles. The lowest BCUT2D eigenvalue weighted by molar-refractivity contribution is 0.320. The van der Waals surface area contributed by atoms with Crippen molar-refractivity contribution in [1.82, 2.24) is 20.1 Å². The second-order valence-electron chi connectivity index (χ2n) is 4.87. The van der Waals surface area contributed by atoms with Gasteiger partial charge in [-0.15, -0.1) is 0 Å². The Morgan fingerprint density at radius 3 is 2.81 bits per heavy atom. The van der Waals surface area contributed by atoms with Crippen LogP contribution >= 0.6 is 0 Å². The molecule has 1 aliphatic carbocycles. The van der Waals surface area contributed by atoms with Crippen molar-refractivity contribution in [3.05, 3.63) is 12.2 Å². The van der Waals surface area contributed by atoms with Gasteiger partial charge in [0, 0.05) is 13.5 Å². The van der Waals surface area contributed by atoms with Gasteiger partial charge in [-0.2, -0.15) is 5.10 Å². The first-order valence-electron chi connectivity index (χ1n) is 6.28. The molecule has 1 N–H and O–H groups in total. The van der Waals surface area contributed by atoms with E-state index < -0.39 is 0 Å². The maximum atomic E-state index is 4.33. The van der Waals surface area contributed by atoms with Crippen LogP contribution in [0.3, 0.4) is 0 Å². The minimum Gasteiger partial charge on any atom is -0.319 e. The zero-order valence-electron chi connectivity index (χ0n) is 10.3. The first kappa shape index (κ1) is 11.6. The standard InChI is InChI=1S/C12H22N4/c1-13-8-11(10-5-3-4-6-10)7-12-14-9-15-16(12)2/h9-11,13H,3-8H2,1-2H3. The van der Waals surface area contributed by atoms with E-state index in [1.54, 1.807) is 6.33 Å². The highest BCUT2D eigenvalue weighted by molar-refractivity contribution is 4.90. The lowest BCUT2D eigenvalue weighted by atomic mass is 9.88. The fourth-order valence-electron chi connectivity index (χ4n) is 2.84. The summed E-state index contributed by atoms with van der Waals surface area (Å²) < 4.78 is 1.90. The molecule has 4 heteroatoms. The van der Waals surface area contributed by atoms with Crippen molar-refractivity contribution in [3.63, 3.8) is 0 Å². The predicted molar refractivity (Wildman–Crippen MR) is 64.1 cm³/mol. The van der Waals surface area contributed by atoms with Crippen LogP contribution in [0, 0.1) is 11.8 Å². The van der Waals surface area contributed by atoms with Gasteiger partial charge in [0.25, 0.3) is 0 Å². The first-order chi connectivity index (χ1) is 7.81. The SMILES string of the molecule is CNCC(Cc1ncnn1C)C1CCCC1. The van der Waals surface area contributed by atoms with Crippen molar-refractivity contribution >= 4 is 0 Å². The largest absolute Gasteiger partial charge is 0.319 e. The zero-order valence-corrected chi connectivity index (χ0v) is 10.3. The minimum absolute atomic E-state index is 0.718. The van der Waals surface area contributed by atoms with Gasteiger partial charge in [-0.05, 0) is 25.4 Å². The number of aromatic nitrogens is 3. The average Bonchev–Trinajstić information content (AvgIpc) is 2.90. The minimum atomic E-state index is 0.718. The number of hydrogen-bond acceptors (Lipinski definition) is 3. The summed E-state index contributed by atoms with van der Waals surface area (Å²) in [6.07, 6.45) is 8.31. The Hall–Kier alpha value is -0.900. The summed E-state index contributed by atoms with van der Waals surface area (Å²) in [5.41, 5.74) is 0. The Balaban J connectivity index is 1.99. The summed E-state index contributed by atoms with van der Waals surface area (Å²) in [5, 5.41) is 7.46. The number of nitrogens with one attached hydrogen (secondary N) is 1. The van der Waals surface area contributed by atoms with Crippen LogP contribution in [0.4, 0.5) is 0 Å². The molecule has 1 aromatic heterocycles. The summed E-state index contributed by atoms with van der Waals surface area (Å²) in [7, 11) is 4.02. The van der Waals surface area contributed by atoms with Crippen LogP contribution in [0.2, 0.25) is 0 Å². The van der Waals surface area contributed by atoms with E-state index in [-0.39, 0.29) is 0 Å². The summed E-state index contributed by atoms with van der Waals surface area (Å²) in [6.45, 7) is 1.09. The topological polar surface area (TPSA) is 42.7 Å². The number of rotatable bonds is 5. The third kappa shape index (κ3) is 2.61. The molecule has 0 aliphatic heterocycles. The van der Waals surface area contributed by atoms with Crippen molar-refractivity contribution in [2.24, 2.45) is 18.9 Å². The summed E-state index contributed by atoms with van der Waals surface area (Å²) in [6, 6.07) is 0. The molecule has 1 aromatic rings. The van der Waals surface area contributed by atoms with E-state index in [9.17, 15) is 0 Å². The third-order valence-electron chi connectivity index (χ3n) is 3.78. The van der Waals surface area contributed by atoms with E-state index in [1.807, 2.05) is 18.8 Å². The molecule has 1 saturated carbocycles. The van der Waals surface area contributed by atoms with Crippen LogP contribution in [0.15, 0.2) is 6.33 Å². The quantitative estimate of drug-likeness (QED) is 0.818. The van der Waals surface area contributed by atoms with Gasteiger partial charge >= 0.3 is 0 Å². The van der Waals surface area contributed by atoms with E-state index in [0.29, 0.717) is 0 Å². The molecule has 1 heterocycles. The molecule has 0 aromatic carbocycles. The lowest BCUT2D eigenvalue weighted by Crippen LogP contribution is -2.27. The van der Waals surface area contributed by atoms with Gasteiger partial charge in [-0.3, -0.25) is 4.68 Å². The Morgan fingerprint density at radius 2 is 2.25 bits per heavy atom. The summed E-state index contributed by atoms with van der Waals surface area (Å²) >= 11 is 0. The van der Waals surface area contributed by atoms with Gasteiger partial charge in [0.15, 0.2) is 0 Å². The molecule has 0 bridgehead atoms. The Labute approximate surface area is 97.5 Å². The van der Waals surface area contributed by atoms with Crippen molar-refractivity contribution in [3.8, 4) is 0 Å². The molecule has 0 radical (unpaired) electrons. The summed E-state index contributed by atoms with van der Waals surface area (Å²) in [4.78, 5) is 4.33. The second-order valence-corrected chi connectivity index (χ2v) is 4.87. The van der Waals surface area contributed by atoms with E-state index in [1.165, 1.54) is 25.7 Å². The fourth-order valence-corrected chi connectivity index (χ4v) is 2.84. The number of aryl methyl sites for hydroxylation is 1. The van der Waals surface area contributed by atoms with Crippen LogP contribution in [0.25, 0.3) is 0 Å². The van der Waals surface area contributed by atoms with Crippen molar-refractivity contribution in [1.29, 1.82) is 0 Å². The normalized spacial score (nSPS) is 19.1. The molecule has 0 spiro atoms. The average molecular weight is 222 g/mol. The fraction of sp³-hybridized carbons (Fsp3) is 0.833. The predicted octanol–water partition coefficient (Wildman–Crippen LogP) is 1.38. The molecule has 2 rings (SSSR count).